The Balaban J connectivity index is 1.57. The van der Waals surface area contributed by atoms with E-state index in [1.807, 2.05) is 24.1 Å². The first-order chi connectivity index (χ1) is 13.2. The van der Waals surface area contributed by atoms with Gasteiger partial charge in [0.25, 0.3) is 0 Å². The van der Waals surface area contributed by atoms with Crippen LogP contribution in [0.4, 0.5) is 5.95 Å². The van der Waals surface area contributed by atoms with E-state index in [9.17, 15) is 0 Å². The van der Waals surface area contributed by atoms with Gasteiger partial charge in [-0.15, -0.1) is 5.10 Å². The van der Waals surface area contributed by atoms with Crippen LogP contribution in [0.25, 0.3) is 22.0 Å². The molecule has 0 aliphatic carbocycles. The van der Waals surface area contributed by atoms with E-state index in [1.165, 1.54) is 10.8 Å². The largest absolute Gasteiger partial charge is 0.337 e. The third-order valence-electron chi connectivity index (χ3n) is 4.53. The smallest absolute Gasteiger partial charge is 0.246 e. The van der Waals surface area contributed by atoms with Crippen LogP contribution in [0.3, 0.4) is 0 Å². The first-order valence-corrected chi connectivity index (χ1v) is 9.16. The van der Waals surface area contributed by atoms with Gasteiger partial charge in [-0.25, -0.2) is 4.98 Å². The van der Waals surface area contributed by atoms with Gasteiger partial charge in [-0.2, -0.15) is 10.2 Å². The number of aryl methyl sites for hydroxylation is 1. The molecule has 4 aromatic rings. The number of hydrogen-bond donors (Lipinski definition) is 1. The summed E-state index contributed by atoms with van der Waals surface area (Å²) >= 11 is 0. The number of nitrogens with zero attached hydrogens (tertiary/aromatic N) is 5. The van der Waals surface area contributed by atoms with Gasteiger partial charge in [-0.1, -0.05) is 49.7 Å². The molecule has 0 aliphatic heterocycles. The lowest BCUT2D eigenvalue weighted by Crippen LogP contribution is -2.20. The van der Waals surface area contributed by atoms with Crippen LogP contribution in [-0.4, -0.2) is 32.4 Å². The Bertz CT molecular complexity index is 1060. The summed E-state index contributed by atoms with van der Waals surface area (Å²) in [5, 5.41) is 18.2. The fourth-order valence-corrected chi connectivity index (χ4v) is 3.14. The van der Waals surface area contributed by atoms with Crippen molar-refractivity contribution in [3.8, 4) is 11.3 Å². The van der Waals surface area contributed by atoms with Crippen molar-refractivity contribution in [2.24, 2.45) is 0 Å². The first kappa shape index (κ1) is 17.1. The number of hydrogen-bond acceptors (Lipinski definition) is 5. The van der Waals surface area contributed by atoms with Crippen molar-refractivity contribution in [1.29, 1.82) is 0 Å². The van der Waals surface area contributed by atoms with Crippen LogP contribution >= 0.6 is 0 Å². The average molecular weight is 358 g/mol. The summed E-state index contributed by atoms with van der Waals surface area (Å²) in [4.78, 5) is 6.68. The molecule has 0 saturated heterocycles. The lowest BCUT2D eigenvalue weighted by molar-refractivity contribution is 0.805. The summed E-state index contributed by atoms with van der Waals surface area (Å²) in [6.45, 7) is 2.80. The number of aromatic amines is 1. The first-order valence-electron chi connectivity index (χ1n) is 9.16. The van der Waals surface area contributed by atoms with Crippen molar-refractivity contribution in [1.82, 2.24) is 25.4 Å². The molecular formula is C21H22N6. The maximum Gasteiger partial charge on any atom is 0.246 e. The number of fused-ring (bicyclic) bond motifs is 1. The minimum absolute atomic E-state index is 0.590. The highest BCUT2D eigenvalue weighted by atomic mass is 15.3. The van der Waals surface area contributed by atoms with Gasteiger partial charge in [-0.05, 0) is 29.3 Å². The number of anilines is 1. The van der Waals surface area contributed by atoms with Gasteiger partial charge in [0.15, 0.2) is 0 Å². The minimum atomic E-state index is 0.590. The van der Waals surface area contributed by atoms with E-state index in [2.05, 4.69) is 63.7 Å². The van der Waals surface area contributed by atoms with Gasteiger partial charge in [0.1, 0.15) is 0 Å². The van der Waals surface area contributed by atoms with Gasteiger partial charge < -0.3 is 4.90 Å². The van der Waals surface area contributed by atoms with Crippen LogP contribution in [0, 0.1) is 0 Å². The quantitative estimate of drug-likeness (QED) is 0.564. The van der Waals surface area contributed by atoms with Crippen molar-refractivity contribution >= 4 is 16.7 Å². The molecule has 1 N–H and O–H groups in total. The molecule has 27 heavy (non-hydrogen) atoms. The van der Waals surface area contributed by atoms with E-state index in [0.29, 0.717) is 12.5 Å². The Labute approximate surface area is 158 Å². The van der Waals surface area contributed by atoms with Gasteiger partial charge in [0.05, 0.1) is 29.8 Å². The molecule has 0 bridgehead atoms. The SMILES string of the molecule is CCCc1cc(CN(C)c2nncc(-c3ccc4ccccc4c3)n2)[nH]n1. The second-order valence-electron chi connectivity index (χ2n) is 6.69. The predicted octanol–water partition coefficient (Wildman–Crippen LogP) is 4.00. The van der Waals surface area contributed by atoms with E-state index >= 15 is 0 Å². The summed E-state index contributed by atoms with van der Waals surface area (Å²) in [5.41, 5.74) is 3.98. The summed E-state index contributed by atoms with van der Waals surface area (Å²) in [7, 11) is 1.96. The van der Waals surface area contributed by atoms with Crippen molar-refractivity contribution in [3.63, 3.8) is 0 Å². The van der Waals surface area contributed by atoms with Crippen LogP contribution in [0.1, 0.15) is 24.7 Å². The molecule has 0 atom stereocenters. The third-order valence-corrected chi connectivity index (χ3v) is 4.53. The zero-order chi connectivity index (χ0) is 18.6. The maximum absolute atomic E-state index is 4.71. The highest BCUT2D eigenvalue weighted by molar-refractivity contribution is 5.86. The van der Waals surface area contributed by atoms with Crippen LogP contribution in [-0.2, 0) is 13.0 Å². The van der Waals surface area contributed by atoms with E-state index in [4.69, 9.17) is 4.98 Å². The third kappa shape index (κ3) is 3.79. The lowest BCUT2D eigenvalue weighted by Gasteiger charge is -2.15. The number of rotatable bonds is 6. The fraction of sp³-hybridized carbons (Fsp3) is 0.238. The zero-order valence-electron chi connectivity index (χ0n) is 15.6. The second-order valence-corrected chi connectivity index (χ2v) is 6.69. The van der Waals surface area contributed by atoms with E-state index in [1.54, 1.807) is 6.20 Å². The number of benzene rings is 2. The van der Waals surface area contributed by atoms with Crippen molar-refractivity contribution in [2.75, 3.05) is 11.9 Å². The van der Waals surface area contributed by atoms with E-state index in [-0.39, 0.29) is 0 Å². The molecule has 0 unspecified atom stereocenters. The van der Waals surface area contributed by atoms with Gasteiger partial charge >= 0.3 is 0 Å². The molecule has 6 nitrogen and oxygen atoms in total. The van der Waals surface area contributed by atoms with Crippen molar-refractivity contribution < 1.29 is 0 Å². The van der Waals surface area contributed by atoms with Gasteiger partial charge in [0, 0.05) is 12.6 Å². The second kappa shape index (κ2) is 7.53. The Hall–Kier alpha value is -3.28. The standard InChI is InChI=1S/C21H22N6/c1-3-6-18-12-19(25-24-18)14-27(2)21-23-20(13-22-26-21)17-10-9-15-7-4-5-8-16(15)11-17/h4-5,7-13H,3,6,14H2,1-2H3,(H,24,25). The molecule has 0 radical (unpaired) electrons. The Morgan fingerprint density at radius 2 is 1.89 bits per heavy atom. The molecule has 0 saturated carbocycles. The number of aromatic nitrogens is 5. The summed E-state index contributed by atoms with van der Waals surface area (Å²) < 4.78 is 0. The molecule has 2 heterocycles. The van der Waals surface area contributed by atoms with Crippen LogP contribution in [0.15, 0.2) is 54.7 Å². The minimum Gasteiger partial charge on any atom is -0.337 e. The molecule has 2 aromatic carbocycles. The van der Waals surface area contributed by atoms with E-state index in [0.717, 1.165) is 35.5 Å². The normalized spacial score (nSPS) is 11.0. The Kier molecular flexibility index (Phi) is 4.78. The summed E-state index contributed by atoms with van der Waals surface area (Å²) in [5.74, 6) is 0.590. The van der Waals surface area contributed by atoms with Crippen LogP contribution < -0.4 is 4.90 Å². The monoisotopic (exact) mass is 358 g/mol. The zero-order valence-corrected chi connectivity index (χ0v) is 15.6. The molecule has 0 amide bonds. The fourth-order valence-electron chi connectivity index (χ4n) is 3.14. The molecule has 2 aromatic heterocycles. The van der Waals surface area contributed by atoms with Gasteiger partial charge in [0.2, 0.25) is 5.95 Å². The van der Waals surface area contributed by atoms with Crippen LogP contribution in [0.5, 0.6) is 0 Å². The van der Waals surface area contributed by atoms with Gasteiger partial charge in [-0.3, -0.25) is 5.10 Å². The molecule has 0 fully saturated rings. The average Bonchev–Trinajstić information content (AvgIpc) is 3.15. The topological polar surface area (TPSA) is 70.6 Å². The Morgan fingerprint density at radius 1 is 1.04 bits per heavy atom. The van der Waals surface area contributed by atoms with Crippen molar-refractivity contribution in [2.45, 2.75) is 26.3 Å². The molecule has 0 aliphatic rings. The molecule has 4 rings (SSSR count). The number of H-pyrrole nitrogens is 1. The van der Waals surface area contributed by atoms with Crippen molar-refractivity contribution in [3.05, 3.63) is 66.1 Å². The predicted molar refractivity (Wildman–Crippen MR) is 107 cm³/mol. The number of nitrogens with one attached hydrogen (secondary N) is 1. The Morgan fingerprint density at radius 3 is 2.74 bits per heavy atom. The molecular weight excluding hydrogens is 336 g/mol. The maximum atomic E-state index is 4.71. The highest BCUT2D eigenvalue weighted by Gasteiger charge is 2.10. The summed E-state index contributed by atoms with van der Waals surface area (Å²) in [6, 6.07) is 16.7. The van der Waals surface area contributed by atoms with Crippen LogP contribution in [0.2, 0.25) is 0 Å². The molecule has 6 heteroatoms. The lowest BCUT2D eigenvalue weighted by atomic mass is 10.1. The van der Waals surface area contributed by atoms with E-state index < -0.39 is 0 Å². The highest BCUT2D eigenvalue weighted by Crippen LogP contribution is 2.23. The molecule has 136 valence electrons. The summed E-state index contributed by atoms with van der Waals surface area (Å²) in [6.07, 6.45) is 3.77. The molecule has 0 spiro atoms.